The number of hydrogen-bond donors (Lipinski definition) is 5. The van der Waals surface area contributed by atoms with Crippen LogP contribution in [0.4, 0.5) is 39.8 Å². The molecule has 1 amide bonds. The minimum absolute atomic E-state index is 0.0471. The predicted octanol–water partition coefficient (Wildman–Crippen LogP) is 10.2. The van der Waals surface area contributed by atoms with Gasteiger partial charge >= 0.3 is 5.97 Å². The third-order valence-electron chi connectivity index (χ3n) is 6.38. The number of nitrogens with zero attached hydrogens (tertiary/aromatic N) is 6. The first-order chi connectivity index (χ1) is 24.8. The fourth-order valence-corrected chi connectivity index (χ4v) is 4.95. The van der Waals surface area contributed by atoms with Crippen molar-refractivity contribution in [2.45, 2.75) is 9.79 Å². The Balaban J connectivity index is 1.29. The van der Waals surface area contributed by atoms with Gasteiger partial charge in [-0.05, 0) is 102 Å². The molecule has 0 radical (unpaired) electrons. The first kappa shape index (κ1) is 36.4. The number of carbonyl (C=O) groups is 2. The number of carboxylic acid groups (broad SMARTS) is 1. The molecule has 0 aliphatic heterocycles. The maximum absolute atomic E-state index is 11.8. The SMILES string of the molecule is O=C(O)/C=C\C(=O)Nc1ccc(N=Nc2ccc3c(O)c(N=Nc4ccc(N=Nc5ccc(SOOO)cc5)cc4)c(SOOO)cc3c2)cc1. The smallest absolute Gasteiger partial charge is 0.328 e. The molecule has 0 fully saturated rings. The lowest BCUT2D eigenvalue weighted by molar-refractivity contribution is -0.432. The molecule has 19 heteroatoms. The number of benzene rings is 5. The second-order valence-electron chi connectivity index (χ2n) is 9.75. The van der Waals surface area contributed by atoms with Crippen molar-refractivity contribution in [1.29, 1.82) is 0 Å². The Labute approximate surface area is 295 Å². The van der Waals surface area contributed by atoms with Crippen molar-refractivity contribution < 1.29 is 49.1 Å². The van der Waals surface area contributed by atoms with Crippen molar-refractivity contribution in [2.24, 2.45) is 30.7 Å². The molecule has 5 rings (SSSR count). The van der Waals surface area contributed by atoms with E-state index in [0.717, 1.165) is 24.2 Å². The maximum atomic E-state index is 11.8. The molecule has 0 saturated carbocycles. The average molecular weight is 730 g/mol. The van der Waals surface area contributed by atoms with E-state index in [1.807, 2.05) is 0 Å². The summed E-state index contributed by atoms with van der Waals surface area (Å²) in [5.74, 6) is -2.05. The zero-order valence-electron chi connectivity index (χ0n) is 25.6. The van der Waals surface area contributed by atoms with Crippen LogP contribution < -0.4 is 5.32 Å². The topological polar surface area (TPSA) is 238 Å². The summed E-state index contributed by atoms with van der Waals surface area (Å²) in [4.78, 5) is 23.3. The van der Waals surface area contributed by atoms with E-state index in [1.54, 1.807) is 97.1 Å². The molecule has 0 aliphatic carbocycles. The Morgan fingerprint density at radius 1 is 0.627 bits per heavy atom. The average Bonchev–Trinajstić information content (AvgIpc) is 3.14. The van der Waals surface area contributed by atoms with Gasteiger partial charge in [-0.25, -0.2) is 15.3 Å². The third kappa shape index (κ3) is 10.8. The summed E-state index contributed by atoms with van der Waals surface area (Å²) in [6, 6.07) is 26.4. The largest absolute Gasteiger partial charge is 0.505 e. The molecule has 17 nitrogen and oxygen atoms in total. The molecule has 0 aromatic heterocycles. The van der Waals surface area contributed by atoms with Crippen molar-refractivity contribution in [3.63, 3.8) is 0 Å². The van der Waals surface area contributed by atoms with Gasteiger partial charge in [0.05, 0.1) is 57.4 Å². The number of aliphatic carboxylic acids is 1. The van der Waals surface area contributed by atoms with Gasteiger partial charge in [-0.3, -0.25) is 4.79 Å². The van der Waals surface area contributed by atoms with E-state index in [0.29, 0.717) is 61.8 Å². The zero-order valence-corrected chi connectivity index (χ0v) is 27.3. The number of hydrogen-bond acceptors (Lipinski definition) is 17. The highest BCUT2D eigenvalue weighted by molar-refractivity contribution is 7.94. The first-order valence-corrected chi connectivity index (χ1v) is 15.7. The van der Waals surface area contributed by atoms with Gasteiger partial charge in [0.2, 0.25) is 5.91 Å². The number of carboxylic acids is 1. The molecule has 5 aromatic rings. The number of phenols is 1. The molecular weight excluding hydrogens is 707 g/mol. The fraction of sp³-hybridized carbons (Fsp3) is 0. The number of rotatable bonds is 15. The monoisotopic (exact) mass is 729 g/mol. The van der Waals surface area contributed by atoms with Crippen LogP contribution >= 0.6 is 24.1 Å². The van der Waals surface area contributed by atoms with E-state index in [-0.39, 0.29) is 16.3 Å². The molecule has 5 N–H and O–H groups in total. The Morgan fingerprint density at radius 2 is 1.14 bits per heavy atom. The van der Waals surface area contributed by atoms with E-state index in [4.69, 9.17) is 15.6 Å². The zero-order chi connectivity index (χ0) is 36.0. The number of carbonyl (C=O) groups excluding carboxylic acids is 1. The maximum Gasteiger partial charge on any atom is 0.328 e. The highest BCUT2D eigenvalue weighted by atomic mass is 32.2. The number of azo groups is 3. The van der Waals surface area contributed by atoms with Crippen LogP contribution in [-0.2, 0) is 28.3 Å². The Kier molecular flexibility index (Phi) is 13.0. The molecule has 0 atom stereocenters. The van der Waals surface area contributed by atoms with Gasteiger partial charge in [-0.2, -0.15) is 25.6 Å². The van der Waals surface area contributed by atoms with Crippen LogP contribution in [-0.4, -0.2) is 32.6 Å². The minimum Gasteiger partial charge on any atom is -0.505 e. The summed E-state index contributed by atoms with van der Waals surface area (Å²) in [7, 11) is 0. The van der Waals surface area contributed by atoms with Crippen LogP contribution in [0.2, 0.25) is 0 Å². The summed E-state index contributed by atoms with van der Waals surface area (Å²) in [6.45, 7) is 0. The van der Waals surface area contributed by atoms with Crippen molar-refractivity contribution in [1.82, 2.24) is 0 Å². The quantitative estimate of drug-likeness (QED) is 0.0222. The van der Waals surface area contributed by atoms with Gasteiger partial charge in [0, 0.05) is 28.1 Å². The summed E-state index contributed by atoms with van der Waals surface area (Å²) >= 11 is 1.42. The Morgan fingerprint density at radius 3 is 1.73 bits per heavy atom. The van der Waals surface area contributed by atoms with Gasteiger partial charge in [0.25, 0.3) is 0 Å². The van der Waals surface area contributed by atoms with E-state index in [1.165, 1.54) is 0 Å². The van der Waals surface area contributed by atoms with E-state index in [2.05, 4.69) is 54.7 Å². The standard InChI is InChI=1S/C32H23N7O10S2/c40-29(15-16-30(41)42)33-20-1-3-21(4-2-20)36-38-25-11-14-27-19(17-25)18-28(51-49-47-45)31(32(27)43)39-37-23-7-5-22(6-8-23)34-35-24-9-12-26(13-10-24)50-48-46-44/h1-18,43-45H,(H,33,40)(H,41,42)/b16-15-,35-34?,38-36?,39-37?. The molecule has 0 unspecified atom stereocenters. The van der Waals surface area contributed by atoms with Crippen molar-refractivity contribution >= 4 is 86.5 Å². The molecule has 258 valence electrons. The lowest BCUT2D eigenvalue weighted by atomic mass is 10.1. The van der Waals surface area contributed by atoms with Gasteiger partial charge < -0.3 is 15.5 Å². The van der Waals surface area contributed by atoms with Crippen molar-refractivity contribution in [3.8, 4) is 5.75 Å². The van der Waals surface area contributed by atoms with Gasteiger partial charge in [-0.15, -0.1) is 13.8 Å². The highest BCUT2D eigenvalue weighted by Gasteiger charge is 2.16. The van der Waals surface area contributed by atoms with Gasteiger partial charge in [0.15, 0.2) is 5.75 Å². The second kappa shape index (κ2) is 18.2. The number of fused-ring (bicyclic) bond motifs is 1. The Hall–Kier alpha value is -5.90. The summed E-state index contributed by atoms with van der Waals surface area (Å²) in [5.41, 5.74) is 2.97. The highest BCUT2D eigenvalue weighted by Crippen LogP contribution is 2.45. The summed E-state index contributed by atoms with van der Waals surface area (Å²) in [6.07, 6.45) is 1.64. The number of amides is 1. The molecule has 0 bridgehead atoms. The molecular formula is C32H23N7O10S2. The van der Waals surface area contributed by atoms with Crippen LogP contribution in [0.15, 0.2) is 150 Å². The van der Waals surface area contributed by atoms with Gasteiger partial charge in [-0.1, -0.05) is 10.1 Å². The number of anilines is 1. The minimum atomic E-state index is -1.23. The van der Waals surface area contributed by atoms with E-state index in [9.17, 15) is 14.7 Å². The van der Waals surface area contributed by atoms with Gasteiger partial charge in [0.1, 0.15) is 5.69 Å². The van der Waals surface area contributed by atoms with Crippen LogP contribution in [0.3, 0.4) is 0 Å². The van der Waals surface area contributed by atoms with E-state index >= 15 is 0 Å². The van der Waals surface area contributed by atoms with Crippen molar-refractivity contribution in [3.05, 3.63) is 109 Å². The number of aromatic hydroxyl groups is 1. The van der Waals surface area contributed by atoms with Crippen LogP contribution in [0.5, 0.6) is 5.75 Å². The van der Waals surface area contributed by atoms with Crippen molar-refractivity contribution in [2.75, 3.05) is 5.32 Å². The molecule has 0 aliphatic rings. The second-order valence-corrected chi connectivity index (χ2v) is 11.3. The number of phenolic OH excluding ortho intramolecular Hbond substituents is 1. The lowest BCUT2D eigenvalue weighted by Gasteiger charge is -2.09. The summed E-state index contributed by atoms with van der Waals surface area (Å²) < 4.78 is 9.01. The van der Waals surface area contributed by atoms with Crippen LogP contribution in [0, 0.1) is 0 Å². The normalized spacial score (nSPS) is 11.8. The van der Waals surface area contributed by atoms with Crippen LogP contribution in [0.1, 0.15) is 0 Å². The van der Waals surface area contributed by atoms with Crippen LogP contribution in [0.25, 0.3) is 10.8 Å². The fourth-order valence-electron chi connectivity index (χ4n) is 4.10. The molecule has 0 heterocycles. The molecule has 0 spiro atoms. The predicted molar refractivity (Wildman–Crippen MR) is 184 cm³/mol. The van der Waals surface area contributed by atoms with E-state index < -0.39 is 11.9 Å². The molecule has 51 heavy (non-hydrogen) atoms. The molecule has 0 saturated heterocycles. The first-order valence-electron chi connectivity index (χ1n) is 14.2. The lowest BCUT2D eigenvalue weighted by Crippen LogP contribution is -2.08. The Bertz CT molecular complexity index is 2110. The summed E-state index contributed by atoms with van der Waals surface area (Å²) in [5, 5.41) is 72.8. The third-order valence-corrected chi connectivity index (χ3v) is 7.59. The number of nitrogens with one attached hydrogen (secondary N) is 1. The molecule has 5 aromatic carbocycles.